The molecule has 3 rings (SSSR count). The maximum absolute atomic E-state index is 10.5. The summed E-state index contributed by atoms with van der Waals surface area (Å²) in [6, 6.07) is 18.0. The molecular formula is C27H37N3O4. The normalized spacial score (nSPS) is 12.3. The Kier molecular flexibility index (Phi) is 10.1. The molecule has 0 bridgehead atoms. The monoisotopic (exact) mass is 467 g/mol. The minimum atomic E-state index is -0.590. The standard InChI is InChI=1S/C27H37N3O4/c1-5-26-25(19-29(16-17-32-4)18-23(31)20-33-6-2)27(34-24-14-12-21(3)13-15-24)30(28-26)22-10-8-7-9-11-22/h7-15,23,31H,5-6,16-20H2,1-4H3. The van der Waals surface area contributed by atoms with E-state index in [-0.39, 0.29) is 0 Å². The fourth-order valence-electron chi connectivity index (χ4n) is 3.77. The maximum atomic E-state index is 10.5. The van der Waals surface area contributed by atoms with Crippen molar-refractivity contribution in [2.75, 3.05) is 40.0 Å². The van der Waals surface area contributed by atoms with Crippen molar-refractivity contribution in [3.05, 3.63) is 71.4 Å². The quantitative estimate of drug-likeness (QED) is 0.379. The molecule has 0 fully saturated rings. The third kappa shape index (κ3) is 7.14. The molecule has 7 heteroatoms. The Labute approximate surface area is 202 Å². The molecule has 2 aromatic carbocycles. The molecule has 1 atom stereocenters. The van der Waals surface area contributed by atoms with Crippen molar-refractivity contribution in [1.82, 2.24) is 14.7 Å². The predicted octanol–water partition coefficient (Wildman–Crippen LogP) is 4.38. The van der Waals surface area contributed by atoms with Crippen LogP contribution in [0.2, 0.25) is 0 Å². The van der Waals surface area contributed by atoms with Crippen LogP contribution < -0.4 is 4.74 Å². The third-order valence-corrected chi connectivity index (χ3v) is 5.57. The van der Waals surface area contributed by atoms with Gasteiger partial charge >= 0.3 is 0 Å². The highest BCUT2D eigenvalue weighted by molar-refractivity contribution is 5.44. The van der Waals surface area contributed by atoms with Crippen LogP contribution in [0.1, 0.15) is 30.7 Å². The lowest BCUT2D eigenvalue weighted by Crippen LogP contribution is -2.36. The number of hydrogen-bond acceptors (Lipinski definition) is 6. The Bertz CT molecular complexity index is 989. The number of para-hydroxylation sites is 1. The zero-order chi connectivity index (χ0) is 24.3. The summed E-state index contributed by atoms with van der Waals surface area (Å²) in [4.78, 5) is 2.17. The first kappa shape index (κ1) is 25.9. The summed E-state index contributed by atoms with van der Waals surface area (Å²) >= 11 is 0. The van der Waals surface area contributed by atoms with Gasteiger partial charge in [-0.1, -0.05) is 42.8 Å². The van der Waals surface area contributed by atoms with Crippen molar-refractivity contribution in [3.63, 3.8) is 0 Å². The molecule has 1 unspecified atom stereocenters. The van der Waals surface area contributed by atoms with Gasteiger partial charge in [0.25, 0.3) is 0 Å². The zero-order valence-corrected chi connectivity index (χ0v) is 20.7. The molecule has 0 saturated heterocycles. The van der Waals surface area contributed by atoms with Crippen LogP contribution in [0.3, 0.4) is 0 Å². The molecule has 0 radical (unpaired) electrons. The first-order valence-electron chi connectivity index (χ1n) is 11.9. The fraction of sp³-hybridized carbons (Fsp3) is 0.444. The smallest absolute Gasteiger partial charge is 0.227 e. The Morgan fingerprint density at radius 3 is 2.44 bits per heavy atom. The highest BCUT2D eigenvalue weighted by Gasteiger charge is 2.23. The van der Waals surface area contributed by atoms with E-state index in [1.54, 1.807) is 7.11 Å². The minimum absolute atomic E-state index is 0.302. The van der Waals surface area contributed by atoms with Gasteiger partial charge in [-0.2, -0.15) is 5.10 Å². The molecule has 0 aliphatic heterocycles. The SMILES string of the molecule is CCOCC(O)CN(CCOC)Cc1c(CC)nn(-c2ccccc2)c1Oc1ccc(C)cc1. The van der Waals surface area contributed by atoms with E-state index in [0.717, 1.165) is 29.1 Å². The van der Waals surface area contributed by atoms with Gasteiger partial charge in [0, 0.05) is 33.4 Å². The van der Waals surface area contributed by atoms with Crippen LogP contribution in [0.15, 0.2) is 54.6 Å². The minimum Gasteiger partial charge on any atom is -0.439 e. The van der Waals surface area contributed by atoms with Gasteiger partial charge in [0.2, 0.25) is 5.88 Å². The van der Waals surface area contributed by atoms with Crippen molar-refractivity contribution in [3.8, 4) is 17.3 Å². The van der Waals surface area contributed by atoms with Crippen LogP contribution in [0.25, 0.3) is 5.69 Å². The fourth-order valence-corrected chi connectivity index (χ4v) is 3.77. The third-order valence-electron chi connectivity index (χ3n) is 5.57. The Hall–Kier alpha value is -2.71. The van der Waals surface area contributed by atoms with Gasteiger partial charge in [-0.05, 0) is 44.5 Å². The van der Waals surface area contributed by atoms with Gasteiger partial charge in [-0.25, -0.2) is 4.68 Å². The zero-order valence-electron chi connectivity index (χ0n) is 20.7. The second kappa shape index (κ2) is 13.2. The Morgan fingerprint density at radius 2 is 1.79 bits per heavy atom. The summed E-state index contributed by atoms with van der Waals surface area (Å²) in [5.74, 6) is 1.44. The number of aliphatic hydroxyl groups is 1. The van der Waals surface area contributed by atoms with Crippen molar-refractivity contribution < 1.29 is 19.3 Å². The Morgan fingerprint density at radius 1 is 1.06 bits per heavy atom. The van der Waals surface area contributed by atoms with Crippen LogP contribution in [0.4, 0.5) is 0 Å². The van der Waals surface area contributed by atoms with E-state index in [9.17, 15) is 5.11 Å². The van der Waals surface area contributed by atoms with E-state index in [0.29, 0.717) is 45.3 Å². The van der Waals surface area contributed by atoms with E-state index in [4.69, 9.17) is 19.3 Å². The Balaban J connectivity index is 1.98. The average Bonchev–Trinajstić information content (AvgIpc) is 3.20. The topological polar surface area (TPSA) is 69.0 Å². The van der Waals surface area contributed by atoms with Crippen molar-refractivity contribution in [2.45, 2.75) is 39.8 Å². The highest BCUT2D eigenvalue weighted by atomic mass is 16.5. The lowest BCUT2D eigenvalue weighted by Gasteiger charge is -2.25. The van der Waals surface area contributed by atoms with Crippen LogP contribution >= 0.6 is 0 Å². The number of hydrogen-bond donors (Lipinski definition) is 1. The van der Waals surface area contributed by atoms with E-state index >= 15 is 0 Å². The van der Waals surface area contributed by atoms with E-state index in [1.165, 1.54) is 5.56 Å². The molecular weight excluding hydrogens is 430 g/mol. The van der Waals surface area contributed by atoms with Gasteiger partial charge in [0.05, 0.1) is 36.3 Å². The molecule has 0 aliphatic rings. The van der Waals surface area contributed by atoms with E-state index in [1.807, 2.05) is 66.2 Å². The number of methoxy groups -OCH3 is 1. The first-order chi connectivity index (χ1) is 16.5. The molecule has 1 heterocycles. The lowest BCUT2D eigenvalue weighted by atomic mass is 10.1. The van der Waals surface area contributed by atoms with Gasteiger partial charge in [-0.15, -0.1) is 0 Å². The summed E-state index contributed by atoms with van der Waals surface area (Å²) in [6.07, 6.45) is 0.173. The predicted molar refractivity (Wildman–Crippen MR) is 134 cm³/mol. The van der Waals surface area contributed by atoms with Gasteiger partial charge in [0.1, 0.15) is 5.75 Å². The van der Waals surface area contributed by atoms with Crippen molar-refractivity contribution >= 4 is 0 Å². The van der Waals surface area contributed by atoms with Crippen LogP contribution in [-0.2, 0) is 22.4 Å². The summed E-state index contributed by atoms with van der Waals surface area (Å²) in [5.41, 5.74) is 4.08. The lowest BCUT2D eigenvalue weighted by molar-refractivity contribution is 0.0147. The maximum Gasteiger partial charge on any atom is 0.227 e. The van der Waals surface area contributed by atoms with Gasteiger partial charge in [-0.3, -0.25) is 4.90 Å². The summed E-state index contributed by atoms with van der Waals surface area (Å²) in [7, 11) is 1.69. The summed E-state index contributed by atoms with van der Waals surface area (Å²) in [6.45, 7) is 9.23. The molecule has 0 amide bonds. The molecule has 1 N–H and O–H groups in total. The molecule has 34 heavy (non-hydrogen) atoms. The molecule has 1 aromatic heterocycles. The van der Waals surface area contributed by atoms with E-state index < -0.39 is 6.10 Å². The molecule has 3 aromatic rings. The van der Waals surface area contributed by atoms with Crippen molar-refractivity contribution in [2.24, 2.45) is 0 Å². The number of nitrogens with zero attached hydrogens (tertiary/aromatic N) is 3. The van der Waals surface area contributed by atoms with E-state index in [2.05, 4.69) is 18.7 Å². The van der Waals surface area contributed by atoms with Crippen LogP contribution in [-0.4, -0.2) is 65.9 Å². The number of rotatable bonds is 14. The summed E-state index contributed by atoms with van der Waals surface area (Å²) in [5, 5.41) is 15.4. The van der Waals surface area contributed by atoms with Crippen molar-refractivity contribution in [1.29, 1.82) is 0 Å². The molecule has 7 nitrogen and oxygen atoms in total. The number of aryl methyl sites for hydroxylation is 2. The average molecular weight is 468 g/mol. The number of ether oxygens (including phenoxy) is 3. The first-order valence-corrected chi connectivity index (χ1v) is 11.9. The second-order valence-corrected chi connectivity index (χ2v) is 8.29. The van der Waals surface area contributed by atoms with Gasteiger partial charge in [0.15, 0.2) is 0 Å². The number of benzene rings is 2. The highest BCUT2D eigenvalue weighted by Crippen LogP contribution is 2.32. The molecule has 0 aliphatic carbocycles. The number of aliphatic hydroxyl groups excluding tert-OH is 1. The molecule has 0 saturated carbocycles. The van der Waals surface area contributed by atoms with Crippen LogP contribution in [0.5, 0.6) is 11.6 Å². The molecule has 184 valence electrons. The van der Waals surface area contributed by atoms with Gasteiger partial charge < -0.3 is 19.3 Å². The second-order valence-electron chi connectivity index (χ2n) is 8.29. The summed E-state index contributed by atoms with van der Waals surface area (Å²) < 4.78 is 19.1. The largest absolute Gasteiger partial charge is 0.439 e. The molecule has 0 spiro atoms. The number of aromatic nitrogens is 2. The van der Waals surface area contributed by atoms with Crippen LogP contribution in [0, 0.1) is 6.92 Å².